The van der Waals surface area contributed by atoms with Crippen LogP contribution in [0.15, 0.2) is 66.9 Å². The lowest BCUT2D eigenvalue weighted by Crippen LogP contribution is -2.49. The Morgan fingerprint density at radius 1 is 0.968 bits per heavy atom. The van der Waals surface area contributed by atoms with Gasteiger partial charge < -0.3 is 10.2 Å². The maximum atomic E-state index is 12.9. The molecule has 0 radical (unpaired) electrons. The summed E-state index contributed by atoms with van der Waals surface area (Å²) in [5.41, 5.74) is 3.21. The Bertz CT molecular complexity index is 1040. The Kier molecular flexibility index (Phi) is 6.57. The number of nitrogens with one attached hydrogen (secondary N) is 1. The molecule has 2 aromatic carbocycles. The fourth-order valence-corrected chi connectivity index (χ4v) is 4.18. The van der Waals surface area contributed by atoms with E-state index in [-0.39, 0.29) is 24.3 Å². The van der Waals surface area contributed by atoms with Crippen molar-refractivity contribution in [2.75, 3.05) is 26.2 Å². The predicted octanol–water partition coefficient (Wildman–Crippen LogP) is 3.15. The van der Waals surface area contributed by atoms with Crippen molar-refractivity contribution in [2.45, 2.75) is 25.9 Å². The van der Waals surface area contributed by atoms with E-state index in [0.29, 0.717) is 13.1 Å². The molecule has 1 unspecified atom stereocenters. The normalized spacial score (nSPS) is 15.6. The number of carbonyl (C=O) groups is 2. The van der Waals surface area contributed by atoms with Crippen LogP contribution in [0, 0.1) is 0 Å². The Morgan fingerprint density at radius 2 is 1.71 bits per heavy atom. The smallest absolute Gasteiger partial charge is 0.225 e. The molecule has 0 aliphatic carbocycles. The van der Waals surface area contributed by atoms with Crippen molar-refractivity contribution < 1.29 is 9.59 Å². The molecule has 2 amide bonds. The van der Waals surface area contributed by atoms with Crippen LogP contribution in [0.1, 0.15) is 30.5 Å². The first-order valence-corrected chi connectivity index (χ1v) is 10.7. The molecular weight excluding hydrogens is 388 g/mol. The monoisotopic (exact) mass is 416 g/mol. The van der Waals surface area contributed by atoms with Gasteiger partial charge in [0.2, 0.25) is 11.8 Å². The Hall–Kier alpha value is -3.25. The molecular formula is C25H28N4O2. The van der Waals surface area contributed by atoms with Gasteiger partial charge in [-0.25, -0.2) is 0 Å². The second kappa shape index (κ2) is 9.71. The van der Waals surface area contributed by atoms with E-state index in [1.54, 1.807) is 0 Å². The molecule has 1 fully saturated rings. The van der Waals surface area contributed by atoms with Gasteiger partial charge in [0, 0.05) is 51.2 Å². The van der Waals surface area contributed by atoms with Gasteiger partial charge in [-0.15, -0.1) is 0 Å². The van der Waals surface area contributed by atoms with Gasteiger partial charge in [0.25, 0.3) is 0 Å². The van der Waals surface area contributed by atoms with Gasteiger partial charge in [0.05, 0.1) is 18.0 Å². The standard InChI is InChI=1S/C25H28N4O2/c1-19(30)27-23(20-7-3-2-4-8-20)17-24(31)29-15-13-28(14-16-29)18-22-10-5-9-21-11-6-12-26-25(21)22/h2-12,23H,13-18H2,1H3,(H,27,30). The number of aromatic nitrogens is 1. The van der Waals surface area contributed by atoms with Gasteiger partial charge in [-0.2, -0.15) is 0 Å². The summed E-state index contributed by atoms with van der Waals surface area (Å²) in [6, 6.07) is 19.7. The minimum absolute atomic E-state index is 0.0779. The summed E-state index contributed by atoms with van der Waals surface area (Å²) >= 11 is 0. The van der Waals surface area contributed by atoms with Crippen LogP contribution < -0.4 is 5.32 Å². The number of hydrogen-bond acceptors (Lipinski definition) is 4. The van der Waals surface area contributed by atoms with E-state index >= 15 is 0 Å². The number of amides is 2. The van der Waals surface area contributed by atoms with Crippen LogP contribution in [-0.2, 0) is 16.1 Å². The number of rotatable bonds is 6. The van der Waals surface area contributed by atoms with Gasteiger partial charge in [-0.1, -0.05) is 54.6 Å². The highest BCUT2D eigenvalue weighted by atomic mass is 16.2. The highest BCUT2D eigenvalue weighted by Crippen LogP contribution is 2.21. The second-order valence-electron chi connectivity index (χ2n) is 8.02. The van der Waals surface area contributed by atoms with Gasteiger partial charge in [0.15, 0.2) is 0 Å². The highest BCUT2D eigenvalue weighted by molar-refractivity contribution is 5.81. The zero-order chi connectivity index (χ0) is 21.6. The third-order valence-corrected chi connectivity index (χ3v) is 5.79. The topological polar surface area (TPSA) is 65.5 Å². The molecule has 0 bridgehead atoms. The minimum atomic E-state index is -0.300. The number of nitrogens with zero attached hydrogens (tertiary/aromatic N) is 3. The molecule has 0 saturated carbocycles. The second-order valence-corrected chi connectivity index (χ2v) is 8.02. The van der Waals surface area contributed by atoms with E-state index in [0.717, 1.165) is 36.1 Å². The summed E-state index contributed by atoms with van der Waals surface area (Å²) in [5.74, 6) is -0.0516. The zero-order valence-corrected chi connectivity index (χ0v) is 17.8. The molecule has 1 aromatic heterocycles. The fourth-order valence-electron chi connectivity index (χ4n) is 4.18. The molecule has 4 rings (SSSR count). The van der Waals surface area contributed by atoms with Crippen LogP contribution in [-0.4, -0.2) is 52.8 Å². The predicted molar refractivity (Wildman–Crippen MR) is 121 cm³/mol. The number of carbonyl (C=O) groups excluding carboxylic acids is 2. The van der Waals surface area contributed by atoms with Crippen LogP contribution in [0.5, 0.6) is 0 Å². The van der Waals surface area contributed by atoms with E-state index in [1.165, 1.54) is 12.5 Å². The van der Waals surface area contributed by atoms with E-state index in [1.807, 2.05) is 47.5 Å². The lowest BCUT2D eigenvalue weighted by atomic mass is 10.0. The first-order chi connectivity index (χ1) is 15.1. The van der Waals surface area contributed by atoms with E-state index in [4.69, 9.17) is 0 Å². The number of piperazine rings is 1. The summed E-state index contributed by atoms with van der Waals surface area (Å²) in [4.78, 5) is 33.4. The molecule has 1 aliphatic heterocycles. The molecule has 1 saturated heterocycles. The molecule has 160 valence electrons. The Morgan fingerprint density at radius 3 is 2.45 bits per heavy atom. The number of pyridine rings is 1. The van der Waals surface area contributed by atoms with Gasteiger partial charge in [-0.3, -0.25) is 19.5 Å². The lowest BCUT2D eigenvalue weighted by molar-refractivity contribution is -0.133. The summed E-state index contributed by atoms with van der Waals surface area (Å²) in [5, 5.41) is 4.07. The van der Waals surface area contributed by atoms with Gasteiger partial charge >= 0.3 is 0 Å². The summed E-state index contributed by atoms with van der Waals surface area (Å²) < 4.78 is 0. The van der Waals surface area contributed by atoms with E-state index in [2.05, 4.69) is 39.5 Å². The summed E-state index contributed by atoms with van der Waals surface area (Å²) in [7, 11) is 0. The number of fused-ring (bicyclic) bond motifs is 1. The van der Waals surface area contributed by atoms with Crippen molar-refractivity contribution in [2.24, 2.45) is 0 Å². The molecule has 1 atom stereocenters. The van der Waals surface area contributed by atoms with Crippen molar-refractivity contribution in [3.05, 3.63) is 78.0 Å². The fraction of sp³-hybridized carbons (Fsp3) is 0.320. The van der Waals surface area contributed by atoms with Crippen LogP contribution in [0.25, 0.3) is 10.9 Å². The van der Waals surface area contributed by atoms with Crippen LogP contribution in [0.2, 0.25) is 0 Å². The Balaban J connectivity index is 1.35. The zero-order valence-electron chi connectivity index (χ0n) is 17.8. The van der Waals surface area contributed by atoms with Crippen molar-refractivity contribution in [1.29, 1.82) is 0 Å². The van der Waals surface area contributed by atoms with Gasteiger partial charge in [-0.05, 0) is 17.2 Å². The highest BCUT2D eigenvalue weighted by Gasteiger charge is 2.25. The first kappa shape index (κ1) is 21.0. The molecule has 1 aliphatic rings. The largest absolute Gasteiger partial charge is 0.349 e. The summed E-state index contributed by atoms with van der Waals surface area (Å²) in [6.45, 7) is 5.35. The van der Waals surface area contributed by atoms with E-state index in [9.17, 15) is 9.59 Å². The van der Waals surface area contributed by atoms with Crippen LogP contribution >= 0.6 is 0 Å². The van der Waals surface area contributed by atoms with Crippen molar-refractivity contribution in [1.82, 2.24) is 20.1 Å². The molecule has 31 heavy (non-hydrogen) atoms. The SMILES string of the molecule is CC(=O)NC(CC(=O)N1CCN(Cc2cccc3cccnc23)CC1)c1ccccc1. The molecule has 1 N–H and O–H groups in total. The third-order valence-electron chi connectivity index (χ3n) is 5.79. The van der Waals surface area contributed by atoms with Gasteiger partial charge in [0.1, 0.15) is 0 Å². The third kappa shape index (κ3) is 5.27. The number of para-hydroxylation sites is 1. The quantitative estimate of drug-likeness (QED) is 0.671. The van der Waals surface area contributed by atoms with Crippen LogP contribution in [0.4, 0.5) is 0 Å². The molecule has 6 heteroatoms. The van der Waals surface area contributed by atoms with Crippen LogP contribution in [0.3, 0.4) is 0 Å². The van der Waals surface area contributed by atoms with Crippen molar-refractivity contribution in [3.8, 4) is 0 Å². The first-order valence-electron chi connectivity index (χ1n) is 10.7. The maximum Gasteiger partial charge on any atom is 0.225 e. The lowest BCUT2D eigenvalue weighted by Gasteiger charge is -2.35. The molecule has 6 nitrogen and oxygen atoms in total. The van der Waals surface area contributed by atoms with Crippen molar-refractivity contribution in [3.63, 3.8) is 0 Å². The average molecular weight is 417 g/mol. The number of benzene rings is 2. The minimum Gasteiger partial charge on any atom is -0.349 e. The molecule has 2 heterocycles. The molecule has 0 spiro atoms. The Labute approximate surface area is 182 Å². The van der Waals surface area contributed by atoms with E-state index < -0.39 is 0 Å². The maximum absolute atomic E-state index is 12.9. The average Bonchev–Trinajstić information content (AvgIpc) is 2.79. The van der Waals surface area contributed by atoms with Crippen molar-refractivity contribution >= 4 is 22.7 Å². The number of hydrogen-bond donors (Lipinski definition) is 1. The summed E-state index contributed by atoms with van der Waals surface area (Å²) in [6.07, 6.45) is 2.11. The molecule has 3 aromatic rings.